The normalized spacial score (nSPS) is 11.9. The lowest BCUT2D eigenvalue weighted by molar-refractivity contribution is 0.547. The number of hydrogen-bond donors (Lipinski definition) is 0. The first-order valence-electron chi connectivity index (χ1n) is 14.2. The summed E-state index contributed by atoms with van der Waals surface area (Å²) in [6.45, 7) is 4.42. The first kappa shape index (κ1) is 29.5. The van der Waals surface area contributed by atoms with Gasteiger partial charge in [0.05, 0.1) is 0 Å². The lowest BCUT2D eigenvalue weighted by Gasteiger charge is -2.02. The van der Waals surface area contributed by atoms with Gasteiger partial charge in [0.25, 0.3) is 0 Å². The van der Waals surface area contributed by atoms with E-state index < -0.39 is 0 Å². The lowest BCUT2D eigenvalue weighted by atomic mass is 10.0. The van der Waals surface area contributed by atoms with Crippen molar-refractivity contribution in [2.24, 2.45) is 0 Å². The van der Waals surface area contributed by atoms with Crippen molar-refractivity contribution >= 4 is 0 Å². The Kier molecular flexibility index (Phi) is 28.0. The van der Waals surface area contributed by atoms with Gasteiger partial charge < -0.3 is 0 Å². The maximum Gasteiger partial charge on any atom is -0.0351 e. The molecule has 0 bridgehead atoms. The molecular weight excluding hydrogens is 360 g/mol. The van der Waals surface area contributed by atoms with Gasteiger partial charge in [-0.3, -0.25) is 0 Å². The van der Waals surface area contributed by atoms with Crippen LogP contribution in [0.15, 0.2) is 24.3 Å². The third kappa shape index (κ3) is 27.5. The summed E-state index contributed by atoms with van der Waals surface area (Å²) in [7, 11) is 0. The summed E-state index contributed by atoms with van der Waals surface area (Å²) < 4.78 is 0. The van der Waals surface area contributed by atoms with Crippen LogP contribution in [0.4, 0.5) is 0 Å². The zero-order valence-electron chi connectivity index (χ0n) is 21.3. The summed E-state index contributed by atoms with van der Waals surface area (Å²) in [5.74, 6) is 0. The molecule has 0 N–H and O–H groups in total. The molecule has 0 fully saturated rings. The van der Waals surface area contributed by atoms with Crippen LogP contribution in [0.25, 0.3) is 0 Å². The van der Waals surface area contributed by atoms with Gasteiger partial charge in [0.15, 0.2) is 0 Å². The van der Waals surface area contributed by atoms with Gasteiger partial charge in [0, 0.05) is 0 Å². The fourth-order valence-electron chi connectivity index (χ4n) is 4.27. The van der Waals surface area contributed by atoms with Crippen molar-refractivity contribution in [2.45, 2.75) is 168 Å². The first-order chi connectivity index (χ1) is 14.9. The van der Waals surface area contributed by atoms with Gasteiger partial charge in [-0.2, -0.15) is 0 Å². The third-order valence-electron chi connectivity index (χ3n) is 6.37. The molecule has 178 valence electrons. The van der Waals surface area contributed by atoms with Crippen molar-refractivity contribution in [3.63, 3.8) is 0 Å². The van der Waals surface area contributed by atoms with Gasteiger partial charge in [0.2, 0.25) is 0 Å². The zero-order chi connectivity index (χ0) is 21.8. The molecule has 0 aliphatic heterocycles. The molecule has 0 aliphatic carbocycles. The van der Waals surface area contributed by atoms with Crippen LogP contribution in [0.3, 0.4) is 0 Å². The highest BCUT2D eigenvalue weighted by Crippen LogP contribution is 2.14. The Labute approximate surface area is 192 Å². The molecule has 0 heteroatoms. The SMILES string of the molecule is CC=CCCCCCCCCCCCCCC=CCCCCCCCCCCCC. The molecule has 0 aromatic heterocycles. The second-order valence-corrected chi connectivity index (χ2v) is 9.48. The molecule has 0 aromatic carbocycles. The smallest absolute Gasteiger partial charge is 0.0351 e. The minimum absolute atomic E-state index is 1.28. The first-order valence-corrected chi connectivity index (χ1v) is 14.2. The predicted octanol–water partition coefficient (Wildman–Crippen LogP) is 11.5. The minimum atomic E-state index is 1.28. The predicted molar refractivity (Wildman–Crippen MR) is 140 cm³/mol. The number of unbranched alkanes of at least 4 members (excludes halogenated alkanes) is 22. The van der Waals surface area contributed by atoms with E-state index >= 15 is 0 Å². The monoisotopic (exact) mass is 418 g/mol. The molecule has 0 spiro atoms. The molecule has 0 nitrogen and oxygen atoms in total. The van der Waals surface area contributed by atoms with Crippen molar-refractivity contribution in [1.29, 1.82) is 0 Å². The Morgan fingerprint density at radius 3 is 0.900 bits per heavy atom. The maximum absolute atomic E-state index is 2.45. The van der Waals surface area contributed by atoms with Crippen molar-refractivity contribution in [3.8, 4) is 0 Å². The molecule has 30 heavy (non-hydrogen) atoms. The van der Waals surface area contributed by atoms with Gasteiger partial charge in [-0.05, 0) is 45.4 Å². The van der Waals surface area contributed by atoms with E-state index in [1.165, 1.54) is 154 Å². The fraction of sp³-hybridized carbons (Fsp3) is 0.867. The van der Waals surface area contributed by atoms with E-state index in [1.54, 1.807) is 0 Å². The zero-order valence-corrected chi connectivity index (χ0v) is 21.3. The van der Waals surface area contributed by atoms with E-state index in [9.17, 15) is 0 Å². The summed E-state index contributed by atoms with van der Waals surface area (Å²) in [5.41, 5.74) is 0. The van der Waals surface area contributed by atoms with Crippen LogP contribution in [-0.4, -0.2) is 0 Å². The van der Waals surface area contributed by atoms with E-state index in [0.29, 0.717) is 0 Å². The highest BCUT2D eigenvalue weighted by Gasteiger charge is 1.94. The largest absolute Gasteiger partial charge is 0.0917 e. The van der Waals surface area contributed by atoms with Gasteiger partial charge in [0.1, 0.15) is 0 Å². The van der Waals surface area contributed by atoms with Gasteiger partial charge in [-0.25, -0.2) is 0 Å². The molecule has 0 radical (unpaired) electrons. The molecule has 0 saturated heterocycles. The average Bonchev–Trinajstić information content (AvgIpc) is 2.76. The summed E-state index contributed by atoms with van der Waals surface area (Å²) in [6, 6.07) is 0. The summed E-state index contributed by atoms with van der Waals surface area (Å²) in [5, 5.41) is 0. The Morgan fingerprint density at radius 2 is 0.600 bits per heavy atom. The molecule has 0 aromatic rings. The number of rotatable bonds is 25. The third-order valence-corrected chi connectivity index (χ3v) is 6.37. The van der Waals surface area contributed by atoms with E-state index in [0.717, 1.165) is 0 Å². The molecular formula is C30H58. The standard InChI is InChI=1S/C30H58/c1-3-5-7-9-11-13-15-17-19-21-23-25-27-29-30-28-26-24-22-20-18-16-14-12-10-8-6-4-2/h3,5,26,28H,4,6-25,27,29-30H2,1-2H3. The van der Waals surface area contributed by atoms with Crippen LogP contribution >= 0.6 is 0 Å². The van der Waals surface area contributed by atoms with Crippen molar-refractivity contribution < 1.29 is 0 Å². The van der Waals surface area contributed by atoms with Crippen LogP contribution in [0, 0.1) is 0 Å². The maximum atomic E-state index is 2.45. The second-order valence-electron chi connectivity index (χ2n) is 9.48. The fourth-order valence-corrected chi connectivity index (χ4v) is 4.27. The number of allylic oxidation sites excluding steroid dienone is 4. The van der Waals surface area contributed by atoms with Crippen LogP contribution in [0.2, 0.25) is 0 Å². The van der Waals surface area contributed by atoms with Gasteiger partial charge in [-0.1, -0.05) is 147 Å². The Hall–Kier alpha value is -0.520. The van der Waals surface area contributed by atoms with Gasteiger partial charge >= 0.3 is 0 Å². The van der Waals surface area contributed by atoms with Crippen molar-refractivity contribution in [1.82, 2.24) is 0 Å². The van der Waals surface area contributed by atoms with Crippen LogP contribution < -0.4 is 0 Å². The van der Waals surface area contributed by atoms with Crippen LogP contribution in [-0.2, 0) is 0 Å². The van der Waals surface area contributed by atoms with E-state index in [1.807, 2.05) is 0 Å². The molecule has 0 aliphatic rings. The Balaban J connectivity index is 3.07. The summed E-state index contributed by atoms with van der Waals surface area (Å²) in [6.07, 6.45) is 43.6. The second kappa shape index (κ2) is 28.5. The van der Waals surface area contributed by atoms with E-state index in [2.05, 4.69) is 38.2 Å². The van der Waals surface area contributed by atoms with Gasteiger partial charge in [-0.15, -0.1) is 0 Å². The lowest BCUT2D eigenvalue weighted by Crippen LogP contribution is -1.82. The highest BCUT2D eigenvalue weighted by molar-refractivity contribution is 4.81. The minimum Gasteiger partial charge on any atom is -0.0917 e. The van der Waals surface area contributed by atoms with Crippen molar-refractivity contribution in [3.05, 3.63) is 24.3 Å². The highest BCUT2D eigenvalue weighted by atomic mass is 14.0. The number of hydrogen-bond acceptors (Lipinski definition) is 0. The topological polar surface area (TPSA) is 0 Å². The van der Waals surface area contributed by atoms with Crippen LogP contribution in [0.1, 0.15) is 168 Å². The quantitative estimate of drug-likeness (QED) is 0.102. The summed E-state index contributed by atoms with van der Waals surface area (Å²) >= 11 is 0. The van der Waals surface area contributed by atoms with Crippen LogP contribution in [0.5, 0.6) is 0 Å². The molecule has 0 saturated carbocycles. The average molecular weight is 419 g/mol. The molecule has 0 unspecified atom stereocenters. The molecule has 0 heterocycles. The molecule has 0 atom stereocenters. The molecule has 0 rings (SSSR count). The van der Waals surface area contributed by atoms with E-state index in [-0.39, 0.29) is 0 Å². The van der Waals surface area contributed by atoms with E-state index in [4.69, 9.17) is 0 Å². The Bertz CT molecular complexity index is 338. The Morgan fingerprint density at radius 1 is 0.333 bits per heavy atom. The summed E-state index contributed by atoms with van der Waals surface area (Å²) in [4.78, 5) is 0. The molecule has 0 amide bonds. The van der Waals surface area contributed by atoms with Crippen molar-refractivity contribution in [2.75, 3.05) is 0 Å².